The fourth-order valence-corrected chi connectivity index (χ4v) is 1.58. The lowest BCUT2D eigenvalue weighted by Crippen LogP contribution is -2.34. The fourth-order valence-electron chi connectivity index (χ4n) is 1.58. The first-order valence-electron chi connectivity index (χ1n) is 6.62. The van der Waals surface area contributed by atoms with E-state index in [0.29, 0.717) is 18.8 Å². The first-order valence-corrected chi connectivity index (χ1v) is 6.62. The van der Waals surface area contributed by atoms with Gasteiger partial charge in [-0.2, -0.15) is 5.26 Å². The summed E-state index contributed by atoms with van der Waals surface area (Å²) in [5.41, 5.74) is -0.249. The van der Waals surface area contributed by atoms with Crippen LogP contribution in [-0.2, 0) is 4.74 Å². The molecular formula is C14H18N4O4. The van der Waals surface area contributed by atoms with Gasteiger partial charge in [0.25, 0.3) is 5.69 Å². The summed E-state index contributed by atoms with van der Waals surface area (Å²) in [6, 6.07) is 5.95. The van der Waals surface area contributed by atoms with Gasteiger partial charge in [0.2, 0.25) is 0 Å². The molecule has 1 amide bonds. The van der Waals surface area contributed by atoms with Crippen LogP contribution in [0.3, 0.4) is 0 Å². The molecule has 1 aromatic rings. The Hall–Kier alpha value is -2.82. The Morgan fingerprint density at radius 1 is 1.41 bits per heavy atom. The number of alkyl carbamates (subject to hydrolysis) is 1. The van der Waals surface area contributed by atoms with Gasteiger partial charge in [0.15, 0.2) is 0 Å². The summed E-state index contributed by atoms with van der Waals surface area (Å²) in [5.74, 6) is 0. The molecule has 0 atom stereocenters. The van der Waals surface area contributed by atoms with E-state index in [0.717, 1.165) is 0 Å². The molecule has 0 fully saturated rings. The van der Waals surface area contributed by atoms with Gasteiger partial charge >= 0.3 is 6.09 Å². The predicted molar refractivity (Wildman–Crippen MR) is 80.5 cm³/mol. The van der Waals surface area contributed by atoms with Crippen molar-refractivity contribution in [2.75, 3.05) is 18.4 Å². The van der Waals surface area contributed by atoms with Gasteiger partial charge in [-0.05, 0) is 32.9 Å². The van der Waals surface area contributed by atoms with E-state index in [1.54, 1.807) is 26.8 Å². The van der Waals surface area contributed by atoms with Crippen molar-refractivity contribution in [3.8, 4) is 6.07 Å². The van der Waals surface area contributed by atoms with Crippen molar-refractivity contribution in [2.24, 2.45) is 0 Å². The molecule has 0 radical (unpaired) electrons. The van der Waals surface area contributed by atoms with E-state index in [2.05, 4.69) is 10.6 Å². The van der Waals surface area contributed by atoms with Crippen molar-refractivity contribution in [1.82, 2.24) is 5.32 Å². The molecule has 0 aliphatic rings. The second-order valence-electron chi connectivity index (χ2n) is 5.46. The summed E-state index contributed by atoms with van der Waals surface area (Å²) >= 11 is 0. The van der Waals surface area contributed by atoms with Crippen LogP contribution >= 0.6 is 0 Å². The van der Waals surface area contributed by atoms with Crippen molar-refractivity contribution in [2.45, 2.75) is 26.4 Å². The number of carbonyl (C=O) groups excluding carboxylic acids is 1. The third-order valence-corrected chi connectivity index (χ3v) is 2.44. The number of hydrogen-bond donors (Lipinski definition) is 2. The number of hydrogen-bond acceptors (Lipinski definition) is 6. The summed E-state index contributed by atoms with van der Waals surface area (Å²) < 4.78 is 5.07. The highest BCUT2D eigenvalue weighted by Gasteiger charge is 2.16. The number of nitro groups is 1. The first kappa shape index (κ1) is 17.2. The molecule has 1 aromatic carbocycles. The Labute approximate surface area is 128 Å². The van der Waals surface area contributed by atoms with Crippen molar-refractivity contribution in [1.29, 1.82) is 5.26 Å². The monoisotopic (exact) mass is 306 g/mol. The van der Waals surface area contributed by atoms with Crippen LogP contribution in [0, 0.1) is 21.4 Å². The van der Waals surface area contributed by atoms with Gasteiger partial charge in [0.1, 0.15) is 17.2 Å². The molecular weight excluding hydrogens is 288 g/mol. The quantitative estimate of drug-likeness (QED) is 0.490. The Balaban J connectivity index is 2.48. The number of amides is 1. The molecule has 8 nitrogen and oxygen atoms in total. The van der Waals surface area contributed by atoms with Crippen LogP contribution < -0.4 is 10.6 Å². The average Bonchev–Trinajstić information content (AvgIpc) is 2.41. The molecule has 0 saturated carbocycles. The Morgan fingerprint density at radius 2 is 2.09 bits per heavy atom. The van der Waals surface area contributed by atoms with E-state index in [9.17, 15) is 14.9 Å². The molecule has 0 aliphatic heterocycles. The van der Waals surface area contributed by atoms with Crippen LogP contribution in [0.15, 0.2) is 18.2 Å². The number of carbonyl (C=O) groups is 1. The maximum absolute atomic E-state index is 11.4. The molecule has 0 aromatic heterocycles. The lowest BCUT2D eigenvalue weighted by Gasteiger charge is -2.19. The van der Waals surface area contributed by atoms with Crippen molar-refractivity contribution in [3.63, 3.8) is 0 Å². The second-order valence-corrected chi connectivity index (χ2v) is 5.46. The third-order valence-electron chi connectivity index (χ3n) is 2.44. The number of benzene rings is 1. The van der Waals surface area contributed by atoms with Crippen molar-refractivity contribution < 1.29 is 14.5 Å². The SMILES string of the molecule is CC(C)(C)OC(=O)NCCNc1ccc([N+](=O)[O-])c(C#N)c1. The molecule has 0 heterocycles. The lowest BCUT2D eigenvalue weighted by atomic mass is 10.2. The molecule has 8 heteroatoms. The van der Waals surface area contributed by atoms with Crippen LogP contribution in [0.1, 0.15) is 26.3 Å². The van der Waals surface area contributed by atoms with Crippen molar-refractivity contribution in [3.05, 3.63) is 33.9 Å². The van der Waals surface area contributed by atoms with Crippen LogP contribution in [0.2, 0.25) is 0 Å². The number of nitrogens with zero attached hydrogens (tertiary/aromatic N) is 2. The standard InChI is InChI=1S/C14H18N4O4/c1-14(2,3)22-13(19)17-7-6-16-11-4-5-12(18(20)21)10(8-11)9-15/h4-5,8,16H,6-7H2,1-3H3,(H,17,19). The van der Waals surface area contributed by atoms with Crippen LogP contribution in [-0.4, -0.2) is 29.7 Å². The summed E-state index contributed by atoms with van der Waals surface area (Å²) in [6.45, 7) is 6.01. The van der Waals surface area contributed by atoms with E-state index in [-0.39, 0.29) is 11.3 Å². The zero-order chi connectivity index (χ0) is 16.8. The topological polar surface area (TPSA) is 117 Å². The van der Waals surface area contributed by atoms with E-state index in [1.165, 1.54) is 18.2 Å². The summed E-state index contributed by atoms with van der Waals surface area (Å²) in [4.78, 5) is 21.5. The number of ether oxygens (including phenoxy) is 1. The number of nitriles is 1. The average molecular weight is 306 g/mol. The second kappa shape index (κ2) is 7.26. The normalized spacial score (nSPS) is 10.5. The van der Waals surface area contributed by atoms with E-state index < -0.39 is 16.6 Å². The Morgan fingerprint density at radius 3 is 2.64 bits per heavy atom. The highest BCUT2D eigenvalue weighted by Crippen LogP contribution is 2.21. The molecule has 0 unspecified atom stereocenters. The zero-order valence-electron chi connectivity index (χ0n) is 12.7. The number of anilines is 1. The van der Waals surface area contributed by atoms with Gasteiger partial charge in [-0.1, -0.05) is 0 Å². The molecule has 1 rings (SSSR count). The van der Waals surface area contributed by atoms with Crippen LogP contribution in [0.4, 0.5) is 16.2 Å². The van der Waals surface area contributed by atoms with Gasteiger partial charge in [-0.25, -0.2) is 4.79 Å². The molecule has 0 aliphatic carbocycles. The largest absolute Gasteiger partial charge is 0.444 e. The molecule has 2 N–H and O–H groups in total. The highest BCUT2D eigenvalue weighted by atomic mass is 16.6. The third kappa shape index (κ3) is 5.66. The van der Waals surface area contributed by atoms with Gasteiger partial charge in [0.05, 0.1) is 4.92 Å². The van der Waals surface area contributed by atoms with E-state index >= 15 is 0 Å². The van der Waals surface area contributed by atoms with Crippen LogP contribution in [0.5, 0.6) is 0 Å². The van der Waals surface area contributed by atoms with Gasteiger partial charge in [-0.3, -0.25) is 10.1 Å². The summed E-state index contributed by atoms with van der Waals surface area (Å²) in [7, 11) is 0. The minimum Gasteiger partial charge on any atom is -0.444 e. The predicted octanol–water partition coefficient (Wildman–Crippen LogP) is 2.40. The fraction of sp³-hybridized carbons (Fsp3) is 0.429. The molecule has 0 spiro atoms. The molecule has 118 valence electrons. The molecule has 0 saturated heterocycles. The number of rotatable bonds is 5. The smallest absolute Gasteiger partial charge is 0.407 e. The number of nitro benzene ring substituents is 1. The first-order chi connectivity index (χ1) is 10.2. The Bertz CT molecular complexity index is 602. The Kier molecular flexibility index (Phi) is 5.69. The highest BCUT2D eigenvalue weighted by molar-refractivity contribution is 5.67. The minimum absolute atomic E-state index is 0.0184. The maximum atomic E-state index is 11.4. The lowest BCUT2D eigenvalue weighted by molar-refractivity contribution is -0.385. The maximum Gasteiger partial charge on any atom is 0.407 e. The number of nitrogens with one attached hydrogen (secondary N) is 2. The molecule has 22 heavy (non-hydrogen) atoms. The minimum atomic E-state index is -0.605. The summed E-state index contributed by atoms with van der Waals surface area (Å²) in [6.07, 6.45) is -0.518. The zero-order valence-corrected chi connectivity index (χ0v) is 12.7. The van der Waals surface area contributed by atoms with Gasteiger partial charge < -0.3 is 15.4 Å². The summed E-state index contributed by atoms with van der Waals surface area (Å²) in [5, 5.41) is 25.1. The van der Waals surface area contributed by atoms with Crippen molar-refractivity contribution >= 4 is 17.5 Å². The van der Waals surface area contributed by atoms with Gasteiger partial charge in [-0.15, -0.1) is 0 Å². The van der Waals surface area contributed by atoms with E-state index in [4.69, 9.17) is 10.00 Å². The van der Waals surface area contributed by atoms with E-state index in [1.807, 2.05) is 0 Å². The van der Waals surface area contributed by atoms with Crippen LogP contribution in [0.25, 0.3) is 0 Å². The molecule has 0 bridgehead atoms. The van der Waals surface area contributed by atoms with Gasteiger partial charge in [0, 0.05) is 24.8 Å².